The fourth-order valence-electron chi connectivity index (χ4n) is 3.43. The smallest absolute Gasteiger partial charge is 0.131 e. The van der Waals surface area contributed by atoms with Crippen molar-refractivity contribution in [1.29, 1.82) is 0 Å². The van der Waals surface area contributed by atoms with Gasteiger partial charge in [0.05, 0.1) is 0 Å². The van der Waals surface area contributed by atoms with E-state index in [0.29, 0.717) is 6.61 Å². The summed E-state index contributed by atoms with van der Waals surface area (Å²) in [7, 11) is 0. The van der Waals surface area contributed by atoms with Crippen molar-refractivity contribution in [3.8, 4) is 5.75 Å². The average molecular weight is 314 g/mol. The highest BCUT2D eigenvalue weighted by Gasteiger charge is 2.25. The van der Waals surface area contributed by atoms with Crippen molar-refractivity contribution in [2.45, 2.75) is 26.9 Å². The van der Waals surface area contributed by atoms with E-state index >= 15 is 0 Å². The van der Waals surface area contributed by atoms with Crippen LogP contribution in [0.15, 0.2) is 66.7 Å². The van der Waals surface area contributed by atoms with Gasteiger partial charge in [-0.05, 0) is 34.4 Å². The second-order valence-electron chi connectivity index (χ2n) is 7.27. The Bertz CT molecular complexity index is 904. The Kier molecular flexibility index (Phi) is 3.65. The molecule has 1 aliphatic carbocycles. The maximum atomic E-state index is 6.36. The molecule has 1 nitrogen and oxygen atoms in total. The van der Waals surface area contributed by atoms with Gasteiger partial charge in [-0.15, -0.1) is 0 Å². The number of hydrogen-bond acceptors (Lipinski definition) is 1. The van der Waals surface area contributed by atoms with Crippen LogP contribution in [-0.2, 0) is 13.0 Å². The van der Waals surface area contributed by atoms with Crippen LogP contribution in [0.2, 0.25) is 0 Å². The molecule has 3 aromatic rings. The fourth-order valence-corrected chi connectivity index (χ4v) is 3.43. The highest BCUT2D eigenvalue weighted by Crippen LogP contribution is 2.41. The Morgan fingerprint density at radius 3 is 2.54 bits per heavy atom. The quantitative estimate of drug-likeness (QED) is 0.575. The first-order chi connectivity index (χ1) is 11.6. The molecule has 0 radical (unpaired) electrons. The summed E-state index contributed by atoms with van der Waals surface area (Å²) in [6.07, 6.45) is 5.57. The van der Waals surface area contributed by atoms with Gasteiger partial charge in [0.15, 0.2) is 0 Å². The van der Waals surface area contributed by atoms with E-state index in [2.05, 4.69) is 80.6 Å². The average Bonchev–Trinajstić information content (AvgIpc) is 2.59. The van der Waals surface area contributed by atoms with Gasteiger partial charge < -0.3 is 4.74 Å². The third kappa shape index (κ3) is 2.82. The van der Waals surface area contributed by atoms with Gasteiger partial charge in [0, 0.05) is 10.9 Å². The molecule has 0 heterocycles. The van der Waals surface area contributed by atoms with Crippen molar-refractivity contribution in [1.82, 2.24) is 0 Å². The summed E-state index contributed by atoms with van der Waals surface area (Å²) in [5.74, 6) is 1.05. The molecule has 0 aromatic heterocycles. The van der Waals surface area contributed by atoms with Crippen molar-refractivity contribution in [3.05, 3.63) is 83.4 Å². The molecule has 0 unspecified atom stereocenters. The molecule has 0 bridgehead atoms. The lowest BCUT2D eigenvalue weighted by atomic mass is 9.78. The number of fused-ring (bicyclic) bond motifs is 2. The first kappa shape index (κ1) is 15.0. The molecular formula is C23H22O. The van der Waals surface area contributed by atoms with E-state index in [-0.39, 0.29) is 5.41 Å². The Morgan fingerprint density at radius 2 is 1.71 bits per heavy atom. The molecule has 24 heavy (non-hydrogen) atoms. The molecule has 1 aliphatic rings. The Morgan fingerprint density at radius 1 is 0.958 bits per heavy atom. The van der Waals surface area contributed by atoms with E-state index in [1.807, 2.05) is 6.07 Å². The zero-order valence-corrected chi connectivity index (χ0v) is 14.3. The second kappa shape index (κ2) is 5.83. The number of allylic oxidation sites excluding steroid dienone is 1. The summed E-state index contributed by atoms with van der Waals surface area (Å²) in [5, 5.41) is 2.45. The molecule has 0 aliphatic heterocycles. The van der Waals surface area contributed by atoms with E-state index < -0.39 is 0 Å². The molecule has 4 rings (SSSR count). The molecule has 0 N–H and O–H groups in total. The minimum atomic E-state index is 0.167. The van der Waals surface area contributed by atoms with Gasteiger partial charge in [-0.1, -0.05) is 80.6 Å². The summed E-state index contributed by atoms with van der Waals surface area (Å²) in [6, 6.07) is 21.2. The normalized spacial score (nSPS) is 15.2. The number of ether oxygens (including phenoxy) is 1. The molecular weight excluding hydrogens is 292 g/mol. The lowest BCUT2D eigenvalue weighted by molar-refractivity contribution is 0.303. The van der Waals surface area contributed by atoms with Crippen LogP contribution < -0.4 is 4.74 Å². The monoisotopic (exact) mass is 314 g/mol. The molecule has 3 aromatic carbocycles. The second-order valence-corrected chi connectivity index (χ2v) is 7.27. The van der Waals surface area contributed by atoms with Gasteiger partial charge in [0.2, 0.25) is 0 Å². The fraction of sp³-hybridized carbons (Fsp3) is 0.217. The van der Waals surface area contributed by atoms with Crippen LogP contribution in [0.5, 0.6) is 5.75 Å². The number of benzene rings is 3. The first-order valence-electron chi connectivity index (χ1n) is 8.53. The molecule has 0 amide bonds. The third-order valence-corrected chi connectivity index (χ3v) is 4.71. The molecule has 0 spiro atoms. The topological polar surface area (TPSA) is 9.23 Å². The Hall–Kier alpha value is -2.54. The van der Waals surface area contributed by atoms with Crippen LogP contribution in [0, 0.1) is 5.41 Å². The highest BCUT2D eigenvalue weighted by atomic mass is 16.5. The van der Waals surface area contributed by atoms with Gasteiger partial charge in [-0.3, -0.25) is 0 Å². The van der Waals surface area contributed by atoms with Crippen molar-refractivity contribution in [2.75, 3.05) is 0 Å². The maximum absolute atomic E-state index is 6.36. The van der Waals surface area contributed by atoms with E-state index in [1.54, 1.807) is 0 Å². The minimum Gasteiger partial charge on any atom is -0.488 e. The SMILES string of the molecule is CC1(C)C=Cc2cc3ccccc3c(OCc3ccccc3)c2C1. The zero-order chi connectivity index (χ0) is 16.6. The lowest BCUT2D eigenvalue weighted by Crippen LogP contribution is -2.17. The van der Waals surface area contributed by atoms with Crippen molar-refractivity contribution >= 4 is 16.8 Å². The Balaban J connectivity index is 1.81. The summed E-state index contributed by atoms with van der Waals surface area (Å²) in [6.45, 7) is 5.16. The summed E-state index contributed by atoms with van der Waals surface area (Å²) in [5.41, 5.74) is 3.98. The van der Waals surface area contributed by atoms with E-state index in [4.69, 9.17) is 4.74 Å². The third-order valence-electron chi connectivity index (χ3n) is 4.71. The van der Waals surface area contributed by atoms with Gasteiger partial charge in [0.1, 0.15) is 12.4 Å². The first-order valence-corrected chi connectivity index (χ1v) is 8.53. The molecule has 0 saturated heterocycles. The molecule has 0 saturated carbocycles. The standard InChI is InChI=1S/C23H22O/c1-23(2)13-12-19-14-18-10-6-7-11-20(18)22(21(19)15-23)24-16-17-8-4-3-5-9-17/h3-14H,15-16H2,1-2H3. The van der Waals surface area contributed by atoms with Crippen LogP contribution in [-0.4, -0.2) is 0 Å². The predicted octanol–water partition coefficient (Wildman–Crippen LogP) is 6.01. The summed E-state index contributed by atoms with van der Waals surface area (Å²) in [4.78, 5) is 0. The van der Waals surface area contributed by atoms with E-state index in [0.717, 1.165) is 12.2 Å². The van der Waals surface area contributed by atoms with E-state index in [9.17, 15) is 0 Å². The zero-order valence-electron chi connectivity index (χ0n) is 14.3. The predicted molar refractivity (Wildman–Crippen MR) is 101 cm³/mol. The lowest BCUT2D eigenvalue weighted by Gasteiger charge is -2.28. The molecule has 0 atom stereocenters. The molecule has 0 fully saturated rings. The Labute approximate surface area is 143 Å². The molecule has 120 valence electrons. The van der Waals surface area contributed by atoms with Crippen LogP contribution >= 0.6 is 0 Å². The highest BCUT2D eigenvalue weighted by molar-refractivity contribution is 5.92. The maximum Gasteiger partial charge on any atom is 0.131 e. The van der Waals surface area contributed by atoms with Crippen molar-refractivity contribution in [3.63, 3.8) is 0 Å². The summed E-state index contributed by atoms with van der Waals surface area (Å²) < 4.78 is 6.36. The molecule has 1 heteroatoms. The van der Waals surface area contributed by atoms with E-state index in [1.165, 1.54) is 27.5 Å². The minimum absolute atomic E-state index is 0.167. The van der Waals surface area contributed by atoms with Gasteiger partial charge >= 0.3 is 0 Å². The van der Waals surface area contributed by atoms with Gasteiger partial charge in [-0.2, -0.15) is 0 Å². The van der Waals surface area contributed by atoms with Crippen molar-refractivity contribution < 1.29 is 4.74 Å². The van der Waals surface area contributed by atoms with Crippen LogP contribution in [0.25, 0.3) is 16.8 Å². The number of rotatable bonds is 3. The largest absolute Gasteiger partial charge is 0.488 e. The van der Waals surface area contributed by atoms with Crippen LogP contribution in [0.4, 0.5) is 0 Å². The van der Waals surface area contributed by atoms with Gasteiger partial charge in [0.25, 0.3) is 0 Å². The summed E-state index contributed by atoms with van der Waals surface area (Å²) >= 11 is 0. The van der Waals surface area contributed by atoms with Crippen LogP contribution in [0.1, 0.15) is 30.5 Å². The number of hydrogen-bond donors (Lipinski definition) is 0. The van der Waals surface area contributed by atoms with Crippen molar-refractivity contribution in [2.24, 2.45) is 5.41 Å². The van der Waals surface area contributed by atoms with Gasteiger partial charge in [-0.25, -0.2) is 0 Å². The van der Waals surface area contributed by atoms with Crippen LogP contribution in [0.3, 0.4) is 0 Å².